The molecule has 2 N–H and O–H groups in total. The van der Waals surface area contributed by atoms with Gasteiger partial charge in [-0.15, -0.1) is 0 Å². The predicted octanol–water partition coefficient (Wildman–Crippen LogP) is 2.92. The molecule has 18 heavy (non-hydrogen) atoms. The monoisotopic (exact) mass is 285 g/mol. The molecule has 0 unspecified atom stereocenters. The highest BCUT2D eigenvalue weighted by Gasteiger charge is 2.25. The van der Waals surface area contributed by atoms with Crippen molar-refractivity contribution in [3.05, 3.63) is 22.8 Å². The molecule has 1 aliphatic rings. The molecule has 0 saturated carbocycles. The molecule has 0 bridgehead atoms. The smallest absolute Gasteiger partial charge is 0.147 e. The number of rotatable bonds is 2. The summed E-state index contributed by atoms with van der Waals surface area (Å²) in [6, 6.07) is 1.92. The van der Waals surface area contributed by atoms with Gasteiger partial charge in [0.25, 0.3) is 0 Å². The number of anilines is 1. The second-order valence-corrected chi connectivity index (χ2v) is 7.41. The summed E-state index contributed by atoms with van der Waals surface area (Å²) in [5.74, 6) is 2.01. The van der Waals surface area contributed by atoms with Crippen molar-refractivity contribution < 1.29 is 0 Å². The summed E-state index contributed by atoms with van der Waals surface area (Å²) >= 11 is 8.32. The first-order chi connectivity index (χ1) is 8.52. The van der Waals surface area contributed by atoms with Crippen LogP contribution < -0.4 is 10.6 Å². The van der Waals surface area contributed by atoms with E-state index in [0.29, 0.717) is 16.3 Å². The van der Waals surface area contributed by atoms with Crippen molar-refractivity contribution in [3.8, 4) is 0 Å². The van der Waals surface area contributed by atoms with Gasteiger partial charge < -0.3 is 10.6 Å². The molecule has 0 atom stereocenters. The summed E-state index contributed by atoms with van der Waals surface area (Å²) < 4.78 is 0.346. The number of thioether (sulfide) groups is 1. The first-order valence-electron chi connectivity index (χ1n) is 6.25. The van der Waals surface area contributed by atoms with Crippen LogP contribution in [0.15, 0.2) is 12.3 Å². The maximum atomic E-state index is 6.30. The Labute approximate surface area is 118 Å². The molecule has 3 nitrogen and oxygen atoms in total. The molecule has 1 aromatic heterocycles. The lowest BCUT2D eigenvalue weighted by atomic mass is 10.1. The molecular weight excluding hydrogens is 266 g/mol. The van der Waals surface area contributed by atoms with Crippen molar-refractivity contribution in [3.63, 3.8) is 0 Å². The molecule has 1 aliphatic heterocycles. The molecular formula is C13H20ClN3S. The maximum Gasteiger partial charge on any atom is 0.147 e. The quantitative estimate of drug-likeness (QED) is 0.907. The van der Waals surface area contributed by atoms with Gasteiger partial charge in [0.1, 0.15) is 5.82 Å². The standard InChI is InChI=1S/C13H20ClN3S/c1-13(2)3-4-17(5-6-18-13)12-11(14)7-10(8-15)9-16-12/h7,9H,3-6,8,15H2,1-2H3. The third-order valence-corrected chi connectivity index (χ3v) is 4.90. The zero-order valence-electron chi connectivity index (χ0n) is 10.9. The van der Waals surface area contributed by atoms with Gasteiger partial charge in [-0.3, -0.25) is 0 Å². The number of aromatic nitrogens is 1. The van der Waals surface area contributed by atoms with Gasteiger partial charge in [-0.25, -0.2) is 4.98 Å². The van der Waals surface area contributed by atoms with Crippen LogP contribution in [0.2, 0.25) is 5.02 Å². The molecule has 0 radical (unpaired) electrons. The first-order valence-corrected chi connectivity index (χ1v) is 7.61. The molecule has 1 fully saturated rings. The van der Waals surface area contributed by atoms with Crippen LogP contribution in [-0.4, -0.2) is 28.6 Å². The van der Waals surface area contributed by atoms with E-state index in [9.17, 15) is 0 Å². The van der Waals surface area contributed by atoms with Crippen molar-refractivity contribution in [2.75, 3.05) is 23.7 Å². The average molecular weight is 286 g/mol. The van der Waals surface area contributed by atoms with Crippen LogP contribution in [0.1, 0.15) is 25.8 Å². The number of pyridine rings is 1. The lowest BCUT2D eigenvalue weighted by molar-refractivity contribution is 0.635. The Balaban J connectivity index is 2.16. The minimum atomic E-state index is 0.346. The van der Waals surface area contributed by atoms with Crippen molar-refractivity contribution in [1.82, 2.24) is 4.98 Å². The molecule has 0 aliphatic carbocycles. The molecule has 1 aromatic rings. The highest BCUT2D eigenvalue weighted by molar-refractivity contribution is 8.00. The summed E-state index contributed by atoms with van der Waals surface area (Å²) in [6.07, 6.45) is 2.97. The second kappa shape index (κ2) is 5.68. The Morgan fingerprint density at radius 3 is 2.94 bits per heavy atom. The van der Waals surface area contributed by atoms with Crippen LogP contribution >= 0.6 is 23.4 Å². The van der Waals surface area contributed by atoms with E-state index < -0.39 is 0 Å². The van der Waals surface area contributed by atoms with E-state index in [1.807, 2.05) is 24.0 Å². The number of hydrogen-bond donors (Lipinski definition) is 1. The normalized spacial score (nSPS) is 19.7. The summed E-state index contributed by atoms with van der Waals surface area (Å²) in [4.78, 5) is 6.75. The van der Waals surface area contributed by atoms with Crippen molar-refractivity contribution in [2.24, 2.45) is 5.73 Å². The minimum Gasteiger partial charge on any atom is -0.355 e. The molecule has 0 spiro atoms. The lowest BCUT2D eigenvalue weighted by Gasteiger charge is -2.24. The van der Waals surface area contributed by atoms with Crippen molar-refractivity contribution >= 4 is 29.2 Å². The molecule has 0 aromatic carbocycles. The molecule has 2 heterocycles. The van der Waals surface area contributed by atoms with E-state index >= 15 is 0 Å². The summed E-state index contributed by atoms with van der Waals surface area (Å²) in [5.41, 5.74) is 6.57. The van der Waals surface area contributed by atoms with E-state index in [0.717, 1.165) is 36.6 Å². The maximum absolute atomic E-state index is 6.30. The van der Waals surface area contributed by atoms with E-state index in [1.165, 1.54) is 0 Å². The average Bonchev–Trinajstić information content (AvgIpc) is 2.50. The third-order valence-electron chi connectivity index (χ3n) is 3.25. The fourth-order valence-corrected chi connectivity index (χ4v) is 3.46. The van der Waals surface area contributed by atoms with Gasteiger partial charge >= 0.3 is 0 Å². The van der Waals surface area contributed by atoms with E-state index in [1.54, 1.807) is 0 Å². The summed E-state index contributed by atoms with van der Waals surface area (Å²) in [7, 11) is 0. The van der Waals surface area contributed by atoms with Crippen LogP contribution in [0.25, 0.3) is 0 Å². The minimum absolute atomic E-state index is 0.346. The van der Waals surface area contributed by atoms with Gasteiger partial charge in [0.05, 0.1) is 5.02 Å². The lowest BCUT2D eigenvalue weighted by Crippen LogP contribution is -2.28. The molecule has 5 heteroatoms. The predicted molar refractivity (Wildman–Crippen MR) is 80.5 cm³/mol. The summed E-state index contributed by atoms with van der Waals surface area (Å²) in [5, 5.41) is 0.711. The van der Waals surface area contributed by atoms with Crippen molar-refractivity contribution in [1.29, 1.82) is 0 Å². The van der Waals surface area contributed by atoms with E-state index in [-0.39, 0.29) is 0 Å². The number of nitrogens with two attached hydrogens (primary N) is 1. The van der Waals surface area contributed by atoms with Gasteiger partial charge in [-0.05, 0) is 18.1 Å². The van der Waals surface area contributed by atoms with Crippen LogP contribution in [0.3, 0.4) is 0 Å². The van der Waals surface area contributed by atoms with Crippen LogP contribution in [0, 0.1) is 0 Å². The van der Waals surface area contributed by atoms with E-state index in [2.05, 4.69) is 23.7 Å². The van der Waals surface area contributed by atoms with Gasteiger partial charge in [0.15, 0.2) is 0 Å². The van der Waals surface area contributed by atoms with Crippen molar-refractivity contribution in [2.45, 2.75) is 31.6 Å². The molecule has 0 amide bonds. The fraction of sp³-hybridized carbons (Fsp3) is 0.615. The van der Waals surface area contributed by atoms with Crippen LogP contribution in [0.4, 0.5) is 5.82 Å². The Kier molecular flexibility index (Phi) is 4.41. The van der Waals surface area contributed by atoms with Crippen LogP contribution in [-0.2, 0) is 6.54 Å². The topological polar surface area (TPSA) is 42.2 Å². The third kappa shape index (κ3) is 3.31. The highest BCUT2D eigenvalue weighted by atomic mass is 35.5. The summed E-state index contributed by atoms with van der Waals surface area (Å²) in [6.45, 7) is 7.09. The largest absolute Gasteiger partial charge is 0.355 e. The second-order valence-electron chi connectivity index (χ2n) is 5.20. The first kappa shape index (κ1) is 14.0. The number of nitrogens with zero attached hydrogens (tertiary/aromatic N) is 2. The Bertz CT molecular complexity index is 423. The van der Waals surface area contributed by atoms with E-state index in [4.69, 9.17) is 17.3 Å². The number of halogens is 1. The van der Waals surface area contributed by atoms with Gasteiger partial charge in [-0.1, -0.05) is 25.4 Å². The molecule has 1 saturated heterocycles. The zero-order valence-corrected chi connectivity index (χ0v) is 12.5. The van der Waals surface area contributed by atoms with Crippen LogP contribution in [0.5, 0.6) is 0 Å². The van der Waals surface area contributed by atoms with Gasteiger partial charge in [0.2, 0.25) is 0 Å². The SMILES string of the molecule is CC1(C)CCN(c2ncc(CN)cc2Cl)CCS1. The van der Waals surface area contributed by atoms with Gasteiger partial charge in [-0.2, -0.15) is 11.8 Å². The Morgan fingerprint density at radius 1 is 1.50 bits per heavy atom. The molecule has 2 rings (SSSR count). The zero-order chi connectivity index (χ0) is 13.2. The fourth-order valence-electron chi connectivity index (χ4n) is 2.05. The Hall–Kier alpha value is -0.450. The highest BCUT2D eigenvalue weighted by Crippen LogP contribution is 2.33. The molecule has 100 valence electrons. The van der Waals surface area contributed by atoms with Gasteiger partial charge in [0, 0.05) is 36.3 Å². The number of hydrogen-bond acceptors (Lipinski definition) is 4. The Morgan fingerprint density at radius 2 is 2.28 bits per heavy atom.